The van der Waals surface area contributed by atoms with Crippen molar-refractivity contribution in [1.82, 2.24) is 0 Å². The van der Waals surface area contributed by atoms with E-state index in [9.17, 15) is 13.2 Å². The van der Waals surface area contributed by atoms with Crippen LogP contribution in [0.4, 0.5) is 13.2 Å². The van der Waals surface area contributed by atoms with Gasteiger partial charge in [-0.1, -0.05) is 48.5 Å². The first kappa shape index (κ1) is 17.3. The minimum absolute atomic E-state index is 0.325. The van der Waals surface area contributed by atoms with Gasteiger partial charge in [0.15, 0.2) is 0 Å². The molecule has 0 saturated heterocycles. The quantitative estimate of drug-likeness (QED) is 0.497. The van der Waals surface area contributed by atoms with Gasteiger partial charge in [-0.05, 0) is 59.7 Å². The molecule has 3 aromatic carbocycles. The van der Waals surface area contributed by atoms with Crippen molar-refractivity contribution in [1.29, 1.82) is 0 Å². The van der Waals surface area contributed by atoms with Gasteiger partial charge < -0.3 is 0 Å². The van der Waals surface area contributed by atoms with Crippen LogP contribution in [-0.4, -0.2) is 6.67 Å². The van der Waals surface area contributed by atoms with Crippen molar-refractivity contribution in [3.63, 3.8) is 0 Å². The van der Waals surface area contributed by atoms with Crippen LogP contribution in [0.3, 0.4) is 0 Å². The lowest BCUT2D eigenvalue weighted by molar-refractivity contribution is 0.473. The van der Waals surface area contributed by atoms with Gasteiger partial charge in [0.1, 0.15) is 11.6 Å². The summed E-state index contributed by atoms with van der Waals surface area (Å²) in [4.78, 5) is 0. The van der Waals surface area contributed by atoms with Gasteiger partial charge in [-0.2, -0.15) is 0 Å². The second-order valence-electron chi connectivity index (χ2n) is 6.15. The van der Waals surface area contributed by atoms with Crippen LogP contribution < -0.4 is 0 Å². The van der Waals surface area contributed by atoms with E-state index >= 15 is 0 Å². The molecule has 0 aliphatic carbocycles. The zero-order chi connectivity index (χ0) is 17.8. The summed E-state index contributed by atoms with van der Waals surface area (Å²) in [6, 6.07) is 17.4. The van der Waals surface area contributed by atoms with Gasteiger partial charge in [0.05, 0.1) is 6.67 Å². The summed E-state index contributed by atoms with van der Waals surface area (Å²) in [7, 11) is 0. The normalized spacial score (nSPS) is 10.9. The highest BCUT2D eigenvalue weighted by atomic mass is 19.1. The Bertz CT molecular complexity index is 867. The van der Waals surface area contributed by atoms with Crippen molar-refractivity contribution in [2.75, 3.05) is 6.67 Å². The molecule has 3 heteroatoms. The Morgan fingerprint density at radius 3 is 2.00 bits per heavy atom. The number of benzene rings is 3. The zero-order valence-corrected chi connectivity index (χ0v) is 14.0. The molecule has 25 heavy (non-hydrogen) atoms. The maximum atomic E-state index is 14.5. The van der Waals surface area contributed by atoms with Crippen molar-refractivity contribution in [2.45, 2.75) is 19.8 Å². The van der Waals surface area contributed by atoms with Crippen LogP contribution in [0.15, 0.2) is 60.7 Å². The predicted octanol–water partition coefficient (Wildman–Crippen LogP) is 6.51. The van der Waals surface area contributed by atoms with Crippen LogP contribution in [0.2, 0.25) is 0 Å². The summed E-state index contributed by atoms with van der Waals surface area (Å²) in [5, 5.41) is 0. The van der Waals surface area contributed by atoms with Crippen LogP contribution in [0, 0.1) is 18.6 Å². The number of halogens is 3. The maximum absolute atomic E-state index is 14.5. The van der Waals surface area contributed by atoms with Gasteiger partial charge in [-0.25, -0.2) is 8.78 Å². The molecule has 0 radical (unpaired) electrons. The molecule has 0 aliphatic heterocycles. The first-order chi connectivity index (χ1) is 12.1. The molecule has 128 valence electrons. The SMILES string of the molecule is Cc1ccc(-c2ccc(-c3ccc(CCCF)cc3)cc2F)cc1F. The number of hydrogen-bond donors (Lipinski definition) is 0. The molecular weight excluding hydrogens is 321 g/mol. The Morgan fingerprint density at radius 2 is 1.36 bits per heavy atom. The predicted molar refractivity (Wildman–Crippen MR) is 96.3 cm³/mol. The molecule has 3 rings (SSSR count). The smallest absolute Gasteiger partial charge is 0.131 e. The zero-order valence-electron chi connectivity index (χ0n) is 14.0. The average molecular weight is 340 g/mol. The van der Waals surface area contributed by atoms with Gasteiger partial charge in [0.2, 0.25) is 0 Å². The third kappa shape index (κ3) is 3.93. The van der Waals surface area contributed by atoms with E-state index in [4.69, 9.17) is 0 Å². The number of rotatable bonds is 5. The number of aryl methyl sites for hydroxylation is 2. The second kappa shape index (κ2) is 7.56. The first-order valence-electron chi connectivity index (χ1n) is 8.30. The molecule has 0 unspecified atom stereocenters. The third-order valence-corrected chi connectivity index (χ3v) is 4.34. The highest BCUT2D eigenvalue weighted by Crippen LogP contribution is 2.29. The fraction of sp³-hybridized carbons (Fsp3) is 0.182. The average Bonchev–Trinajstić information content (AvgIpc) is 2.63. The standard InChI is InChI=1S/C22H19F3/c1-15-4-7-19(14-21(15)24)20-11-10-18(13-22(20)25)17-8-5-16(6-9-17)3-2-12-23/h4-11,13-14H,2-3,12H2,1H3. The van der Waals surface area contributed by atoms with E-state index in [1.807, 2.05) is 30.3 Å². The summed E-state index contributed by atoms with van der Waals surface area (Å²) < 4.78 is 40.5. The molecular formula is C22H19F3. The number of alkyl halides is 1. The van der Waals surface area contributed by atoms with E-state index in [0.717, 1.165) is 16.7 Å². The van der Waals surface area contributed by atoms with Crippen LogP contribution >= 0.6 is 0 Å². The largest absolute Gasteiger partial charge is 0.251 e. The van der Waals surface area contributed by atoms with Crippen LogP contribution in [0.1, 0.15) is 17.5 Å². The molecule has 0 bridgehead atoms. The van der Waals surface area contributed by atoms with Crippen molar-refractivity contribution in [2.24, 2.45) is 0 Å². The Balaban J connectivity index is 1.87. The fourth-order valence-corrected chi connectivity index (χ4v) is 2.82. The van der Waals surface area contributed by atoms with Gasteiger partial charge >= 0.3 is 0 Å². The van der Waals surface area contributed by atoms with E-state index in [1.54, 1.807) is 25.1 Å². The van der Waals surface area contributed by atoms with Crippen molar-refractivity contribution in [3.8, 4) is 22.3 Å². The highest BCUT2D eigenvalue weighted by molar-refractivity contribution is 5.71. The molecule has 0 aliphatic rings. The van der Waals surface area contributed by atoms with Crippen molar-refractivity contribution >= 4 is 0 Å². The van der Waals surface area contributed by atoms with E-state index in [2.05, 4.69) is 0 Å². The van der Waals surface area contributed by atoms with E-state index < -0.39 is 0 Å². The van der Waals surface area contributed by atoms with E-state index in [0.29, 0.717) is 29.5 Å². The lowest BCUT2D eigenvalue weighted by Gasteiger charge is -2.09. The molecule has 0 N–H and O–H groups in total. The summed E-state index contributed by atoms with van der Waals surface area (Å²) in [6.07, 6.45) is 1.21. The van der Waals surface area contributed by atoms with Gasteiger partial charge in [0.25, 0.3) is 0 Å². The van der Waals surface area contributed by atoms with Gasteiger partial charge in [0, 0.05) is 5.56 Å². The molecule has 0 heterocycles. The van der Waals surface area contributed by atoms with Crippen LogP contribution in [-0.2, 0) is 6.42 Å². The minimum atomic E-state index is -0.387. The monoisotopic (exact) mass is 340 g/mol. The summed E-state index contributed by atoms with van der Waals surface area (Å²) in [5.74, 6) is -0.730. The second-order valence-corrected chi connectivity index (χ2v) is 6.15. The summed E-state index contributed by atoms with van der Waals surface area (Å²) in [6.45, 7) is 1.35. The molecule has 0 saturated carbocycles. The molecule has 0 nitrogen and oxygen atoms in total. The van der Waals surface area contributed by atoms with Crippen LogP contribution in [0.25, 0.3) is 22.3 Å². The topological polar surface area (TPSA) is 0 Å². The van der Waals surface area contributed by atoms with Crippen LogP contribution in [0.5, 0.6) is 0 Å². The molecule has 3 aromatic rings. The van der Waals surface area contributed by atoms with Crippen molar-refractivity contribution in [3.05, 3.63) is 83.4 Å². The lowest BCUT2D eigenvalue weighted by Crippen LogP contribution is -1.90. The Morgan fingerprint density at radius 1 is 0.720 bits per heavy atom. The molecule has 0 fully saturated rings. The summed E-state index contributed by atoms with van der Waals surface area (Å²) >= 11 is 0. The Hall–Kier alpha value is -2.55. The molecule has 0 atom stereocenters. The summed E-state index contributed by atoms with van der Waals surface area (Å²) in [5.41, 5.74) is 4.15. The minimum Gasteiger partial charge on any atom is -0.251 e. The molecule has 0 amide bonds. The van der Waals surface area contributed by atoms with Gasteiger partial charge in [-0.15, -0.1) is 0 Å². The van der Waals surface area contributed by atoms with E-state index in [1.165, 1.54) is 12.1 Å². The first-order valence-corrected chi connectivity index (χ1v) is 8.30. The third-order valence-electron chi connectivity index (χ3n) is 4.34. The molecule has 0 spiro atoms. The van der Waals surface area contributed by atoms with Crippen molar-refractivity contribution < 1.29 is 13.2 Å². The Kier molecular flexibility index (Phi) is 5.22. The van der Waals surface area contributed by atoms with E-state index in [-0.39, 0.29) is 18.3 Å². The fourth-order valence-electron chi connectivity index (χ4n) is 2.82. The Labute approximate surface area is 146 Å². The lowest BCUT2D eigenvalue weighted by atomic mass is 9.98. The highest BCUT2D eigenvalue weighted by Gasteiger charge is 2.09. The van der Waals surface area contributed by atoms with Gasteiger partial charge in [-0.3, -0.25) is 4.39 Å². The number of hydrogen-bond acceptors (Lipinski definition) is 0. The molecule has 0 aromatic heterocycles. The maximum Gasteiger partial charge on any atom is 0.131 e.